The van der Waals surface area contributed by atoms with E-state index in [1.54, 1.807) is 18.2 Å². The SMILES string of the molecule is COC(=O)CNc1cc(NS(=O)(=O)/C=C/c2c(OC)cc(OC)cc2OC)ccc1OC. The molecule has 0 bridgehead atoms. The number of sulfonamides is 1. The highest BCUT2D eigenvalue weighted by Crippen LogP contribution is 2.35. The van der Waals surface area contributed by atoms with Crippen LogP contribution in [-0.4, -0.2) is 56.5 Å². The van der Waals surface area contributed by atoms with Gasteiger partial charge in [0.05, 0.1) is 57.9 Å². The van der Waals surface area contributed by atoms with E-state index in [9.17, 15) is 13.2 Å². The predicted octanol–water partition coefficient (Wildman–Crippen LogP) is 2.72. The Kier molecular flexibility index (Phi) is 8.59. The highest BCUT2D eigenvalue weighted by molar-refractivity contribution is 7.95. The van der Waals surface area contributed by atoms with E-state index >= 15 is 0 Å². The second kappa shape index (κ2) is 11.1. The van der Waals surface area contributed by atoms with Crippen LogP contribution in [0.25, 0.3) is 6.08 Å². The molecule has 0 fully saturated rings. The Morgan fingerprint density at radius 3 is 2.06 bits per heavy atom. The van der Waals surface area contributed by atoms with Gasteiger partial charge in [-0.15, -0.1) is 0 Å². The molecule has 10 nitrogen and oxygen atoms in total. The monoisotopic (exact) mass is 466 g/mol. The number of hydrogen-bond acceptors (Lipinski definition) is 9. The molecule has 0 spiro atoms. The Labute approximate surface area is 187 Å². The van der Waals surface area contributed by atoms with Gasteiger partial charge in [0, 0.05) is 12.1 Å². The molecule has 0 aliphatic rings. The number of ether oxygens (including phenoxy) is 5. The van der Waals surface area contributed by atoms with E-state index in [1.165, 1.54) is 53.8 Å². The van der Waals surface area contributed by atoms with Gasteiger partial charge in [0.15, 0.2) is 0 Å². The number of hydrogen-bond donors (Lipinski definition) is 2. The fraction of sp³-hybridized carbons (Fsp3) is 0.286. The summed E-state index contributed by atoms with van der Waals surface area (Å²) < 4.78 is 53.4. The molecule has 11 heteroatoms. The van der Waals surface area contributed by atoms with E-state index in [0.29, 0.717) is 34.2 Å². The highest BCUT2D eigenvalue weighted by Gasteiger charge is 2.14. The van der Waals surface area contributed by atoms with Gasteiger partial charge in [0.1, 0.15) is 29.5 Å². The summed E-state index contributed by atoms with van der Waals surface area (Å²) in [6, 6.07) is 7.83. The van der Waals surface area contributed by atoms with Crippen LogP contribution in [0.3, 0.4) is 0 Å². The second-order valence-corrected chi connectivity index (χ2v) is 7.81. The first-order valence-corrected chi connectivity index (χ1v) is 10.8. The van der Waals surface area contributed by atoms with E-state index in [1.807, 2.05) is 0 Å². The van der Waals surface area contributed by atoms with Crippen LogP contribution < -0.4 is 29.0 Å². The molecule has 0 aromatic heterocycles. The molecule has 0 heterocycles. The maximum absolute atomic E-state index is 12.6. The number of anilines is 2. The molecule has 0 atom stereocenters. The number of methoxy groups -OCH3 is 5. The van der Waals surface area contributed by atoms with Crippen LogP contribution in [0.2, 0.25) is 0 Å². The molecule has 0 amide bonds. The van der Waals surface area contributed by atoms with Crippen molar-refractivity contribution in [3.63, 3.8) is 0 Å². The Hall–Kier alpha value is -3.60. The van der Waals surface area contributed by atoms with Crippen LogP contribution in [0.4, 0.5) is 11.4 Å². The molecule has 32 heavy (non-hydrogen) atoms. The van der Waals surface area contributed by atoms with Gasteiger partial charge in [0.2, 0.25) is 0 Å². The van der Waals surface area contributed by atoms with Gasteiger partial charge in [-0.25, -0.2) is 8.42 Å². The third-order valence-electron chi connectivity index (χ3n) is 4.28. The standard InChI is InChI=1S/C21H26N2O8S/c1-27-15-11-19(29-3)16(20(12-15)30-4)8-9-32(25,26)23-14-6-7-18(28-2)17(10-14)22-13-21(24)31-5/h6-12,22-23H,13H2,1-5H3/b9-8+. The maximum Gasteiger partial charge on any atom is 0.325 e. The number of carbonyl (C=O) groups is 1. The topological polar surface area (TPSA) is 121 Å². The summed E-state index contributed by atoms with van der Waals surface area (Å²) in [6.07, 6.45) is 1.36. The molecule has 2 aromatic carbocycles. The van der Waals surface area contributed by atoms with Gasteiger partial charge in [-0.05, 0) is 24.3 Å². The maximum atomic E-state index is 12.6. The van der Waals surface area contributed by atoms with E-state index in [0.717, 1.165) is 5.41 Å². The minimum atomic E-state index is -3.90. The van der Waals surface area contributed by atoms with Crippen molar-refractivity contribution in [3.05, 3.63) is 41.3 Å². The fourth-order valence-electron chi connectivity index (χ4n) is 2.70. The van der Waals surface area contributed by atoms with Crippen molar-refractivity contribution >= 4 is 33.4 Å². The molecule has 2 N–H and O–H groups in total. The van der Waals surface area contributed by atoms with E-state index in [4.69, 9.17) is 18.9 Å². The molecule has 0 saturated heterocycles. The largest absolute Gasteiger partial charge is 0.496 e. The number of nitrogens with one attached hydrogen (secondary N) is 2. The van der Waals surface area contributed by atoms with Crippen LogP contribution >= 0.6 is 0 Å². The van der Waals surface area contributed by atoms with Crippen molar-refractivity contribution in [2.75, 3.05) is 52.1 Å². The van der Waals surface area contributed by atoms with Crippen molar-refractivity contribution in [2.24, 2.45) is 0 Å². The average molecular weight is 467 g/mol. The zero-order chi connectivity index (χ0) is 23.7. The Morgan fingerprint density at radius 2 is 1.53 bits per heavy atom. The second-order valence-electron chi connectivity index (χ2n) is 6.24. The quantitative estimate of drug-likeness (QED) is 0.481. The smallest absolute Gasteiger partial charge is 0.325 e. The molecule has 0 unspecified atom stereocenters. The third-order valence-corrected chi connectivity index (χ3v) is 5.29. The van der Waals surface area contributed by atoms with Crippen molar-refractivity contribution in [3.8, 4) is 23.0 Å². The minimum absolute atomic E-state index is 0.111. The van der Waals surface area contributed by atoms with Gasteiger partial charge in [-0.3, -0.25) is 9.52 Å². The predicted molar refractivity (Wildman–Crippen MR) is 121 cm³/mol. The zero-order valence-electron chi connectivity index (χ0n) is 18.4. The van der Waals surface area contributed by atoms with Crippen LogP contribution in [0.1, 0.15) is 5.56 Å². The van der Waals surface area contributed by atoms with Gasteiger partial charge in [-0.2, -0.15) is 0 Å². The summed E-state index contributed by atoms with van der Waals surface area (Å²) in [7, 11) is 3.24. The lowest BCUT2D eigenvalue weighted by atomic mass is 10.1. The third kappa shape index (κ3) is 6.45. The summed E-state index contributed by atoms with van der Waals surface area (Å²) in [4.78, 5) is 11.4. The van der Waals surface area contributed by atoms with Crippen molar-refractivity contribution < 1.29 is 36.9 Å². The number of esters is 1. The van der Waals surface area contributed by atoms with Crippen molar-refractivity contribution in [2.45, 2.75) is 0 Å². The van der Waals surface area contributed by atoms with Crippen molar-refractivity contribution in [1.82, 2.24) is 0 Å². The summed E-state index contributed by atoms with van der Waals surface area (Å²) in [5.74, 6) is 1.21. The molecule has 0 aliphatic carbocycles. The van der Waals surface area contributed by atoms with E-state index < -0.39 is 16.0 Å². The van der Waals surface area contributed by atoms with Crippen LogP contribution in [0, 0.1) is 0 Å². The Balaban J connectivity index is 2.29. The molecular weight excluding hydrogens is 440 g/mol. The minimum Gasteiger partial charge on any atom is -0.496 e. The molecule has 0 aliphatic heterocycles. The molecule has 174 valence electrons. The molecule has 2 aromatic rings. The zero-order valence-corrected chi connectivity index (χ0v) is 19.2. The summed E-state index contributed by atoms with van der Waals surface area (Å²) >= 11 is 0. The van der Waals surface area contributed by atoms with Crippen LogP contribution in [0.15, 0.2) is 35.7 Å². The van der Waals surface area contributed by atoms with Gasteiger partial charge < -0.3 is 29.0 Å². The first kappa shape index (κ1) is 24.7. The van der Waals surface area contributed by atoms with Crippen molar-refractivity contribution in [1.29, 1.82) is 0 Å². The highest BCUT2D eigenvalue weighted by atomic mass is 32.2. The summed E-state index contributed by atoms with van der Waals surface area (Å²) in [5, 5.41) is 3.83. The first-order chi connectivity index (χ1) is 15.3. The molecular formula is C21H26N2O8S. The van der Waals surface area contributed by atoms with Gasteiger partial charge >= 0.3 is 5.97 Å². The Bertz CT molecular complexity index is 1060. The first-order valence-electron chi connectivity index (χ1n) is 9.26. The van der Waals surface area contributed by atoms with Crippen LogP contribution in [0.5, 0.6) is 23.0 Å². The van der Waals surface area contributed by atoms with Gasteiger partial charge in [0.25, 0.3) is 10.0 Å². The number of carbonyl (C=O) groups excluding carboxylic acids is 1. The summed E-state index contributed by atoms with van der Waals surface area (Å²) in [6.45, 7) is -0.111. The lowest BCUT2D eigenvalue weighted by molar-refractivity contribution is -0.138. The fourth-order valence-corrected chi connectivity index (χ4v) is 3.54. The van der Waals surface area contributed by atoms with E-state index in [-0.39, 0.29) is 12.2 Å². The lowest BCUT2D eigenvalue weighted by Gasteiger charge is -2.13. The lowest BCUT2D eigenvalue weighted by Crippen LogP contribution is -2.16. The summed E-state index contributed by atoms with van der Waals surface area (Å²) in [5.41, 5.74) is 1.10. The normalized spacial score (nSPS) is 11.0. The van der Waals surface area contributed by atoms with E-state index in [2.05, 4.69) is 14.8 Å². The van der Waals surface area contributed by atoms with Crippen LogP contribution in [-0.2, 0) is 19.6 Å². The average Bonchev–Trinajstić information content (AvgIpc) is 2.80. The molecule has 2 rings (SSSR count). The number of rotatable bonds is 11. The molecule has 0 radical (unpaired) electrons. The molecule has 0 saturated carbocycles. The number of benzene rings is 2. The van der Waals surface area contributed by atoms with Gasteiger partial charge in [-0.1, -0.05) is 0 Å². The Morgan fingerprint density at radius 1 is 0.906 bits per heavy atom.